The lowest BCUT2D eigenvalue weighted by Crippen LogP contribution is -2.16. The summed E-state index contributed by atoms with van der Waals surface area (Å²) in [7, 11) is 1.63. The van der Waals surface area contributed by atoms with Gasteiger partial charge < -0.3 is 19.5 Å². The van der Waals surface area contributed by atoms with Crippen LogP contribution in [0.25, 0.3) is 11.1 Å². The summed E-state index contributed by atoms with van der Waals surface area (Å²) >= 11 is 1.34. The first kappa shape index (κ1) is 23.8. The third-order valence-electron chi connectivity index (χ3n) is 5.82. The van der Waals surface area contributed by atoms with Crippen LogP contribution in [0.4, 0.5) is 5.00 Å². The van der Waals surface area contributed by atoms with Gasteiger partial charge in [0.25, 0.3) is 0 Å². The highest BCUT2D eigenvalue weighted by Crippen LogP contribution is 2.49. The largest absolute Gasteiger partial charge is 0.497 e. The molecule has 1 aromatic heterocycles. The molecule has 0 aliphatic heterocycles. The van der Waals surface area contributed by atoms with Crippen molar-refractivity contribution in [2.24, 2.45) is 5.92 Å². The number of esters is 1. The zero-order valence-electron chi connectivity index (χ0n) is 19.6. The number of ether oxygens (including phenoxy) is 3. The molecule has 1 saturated carbocycles. The number of carbonyl (C=O) groups excluding carboxylic acids is 2. The van der Waals surface area contributed by atoms with Gasteiger partial charge in [0.2, 0.25) is 5.91 Å². The molecule has 2 atom stereocenters. The van der Waals surface area contributed by atoms with E-state index >= 15 is 0 Å². The number of carbonyl (C=O) groups is 2. The predicted molar refractivity (Wildman–Crippen MR) is 134 cm³/mol. The molecule has 0 bridgehead atoms. The molecule has 4 rings (SSSR count). The number of amides is 1. The first-order valence-corrected chi connectivity index (χ1v) is 12.4. The number of hydrogen-bond acceptors (Lipinski definition) is 6. The summed E-state index contributed by atoms with van der Waals surface area (Å²) in [6.45, 7) is 4.74. The molecular formula is C27H29NO5S. The van der Waals surface area contributed by atoms with Crippen molar-refractivity contribution in [2.75, 3.05) is 25.6 Å². The first-order valence-electron chi connectivity index (χ1n) is 11.5. The number of nitrogens with one attached hydrogen (secondary N) is 1. The van der Waals surface area contributed by atoms with E-state index in [1.54, 1.807) is 14.0 Å². The van der Waals surface area contributed by atoms with E-state index < -0.39 is 5.97 Å². The topological polar surface area (TPSA) is 73.9 Å². The van der Waals surface area contributed by atoms with Crippen LogP contribution in [0, 0.1) is 5.92 Å². The molecule has 1 amide bonds. The van der Waals surface area contributed by atoms with Gasteiger partial charge in [-0.3, -0.25) is 4.79 Å². The standard InChI is InChI=1S/C27H29NO5S/c1-4-14-33-20-12-8-18(9-13-20)23-16-34-26(24(23)27(30)32-5-2)28-25(29)22-15-21(22)17-6-10-19(31-3)11-7-17/h6-13,16,21-22H,4-5,14-15H2,1-3H3,(H,28,29). The van der Waals surface area contributed by atoms with Gasteiger partial charge in [0.15, 0.2) is 0 Å². The number of methoxy groups -OCH3 is 1. The Labute approximate surface area is 203 Å². The Morgan fingerprint density at radius 2 is 1.74 bits per heavy atom. The summed E-state index contributed by atoms with van der Waals surface area (Å²) in [4.78, 5) is 25.8. The van der Waals surface area contributed by atoms with Gasteiger partial charge in [0.05, 0.1) is 20.3 Å². The highest BCUT2D eigenvalue weighted by Gasteiger charge is 2.44. The van der Waals surface area contributed by atoms with E-state index in [2.05, 4.69) is 12.2 Å². The molecule has 6 nitrogen and oxygen atoms in total. The Morgan fingerprint density at radius 1 is 1.03 bits per heavy atom. The molecule has 3 aromatic rings. The van der Waals surface area contributed by atoms with Crippen LogP contribution >= 0.6 is 11.3 Å². The van der Waals surface area contributed by atoms with E-state index in [0.717, 1.165) is 41.0 Å². The lowest BCUT2D eigenvalue weighted by molar-refractivity contribution is -0.117. The number of benzene rings is 2. The van der Waals surface area contributed by atoms with E-state index in [1.165, 1.54) is 11.3 Å². The van der Waals surface area contributed by atoms with Gasteiger partial charge in [-0.15, -0.1) is 11.3 Å². The third-order valence-corrected chi connectivity index (χ3v) is 6.71. The summed E-state index contributed by atoms with van der Waals surface area (Å²) in [5.74, 6) is 1.10. The smallest absolute Gasteiger partial charge is 0.341 e. The van der Waals surface area contributed by atoms with Crippen LogP contribution in [0.5, 0.6) is 11.5 Å². The zero-order valence-corrected chi connectivity index (χ0v) is 20.4. The minimum atomic E-state index is -0.442. The molecule has 2 aromatic carbocycles. The van der Waals surface area contributed by atoms with Crippen LogP contribution in [-0.4, -0.2) is 32.2 Å². The molecule has 1 aliphatic carbocycles. The fourth-order valence-electron chi connectivity index (χ4n) is 3.93. The van der Waals surface area contributed by atoms with Gasteiger partial charge in [-0.05, 0) is 61.1 Å². The predicted octanol–water partition coefficient (Wildman–Crippen LogP) is 6.13. The molecular weight excluding hydrogens is 450 g/mol. The van der Waals surface area contributed by atoms with Crippen molar-refractivity contribution in [1.82, 2.24) is 0 Å². The number of rotatable bonds is 10. The Morgan fingerprint density at radius 3 is 2.38 bits per heavy atom. The number of thiophene rings is 1. The second-order valence-corrected chi connectivity index (χ2v) is 9.04. The van der Waals surface area contributed by atoms with E-state index in [9.17, 15) is 9.59 Å². The quantitative estimate of drug-likeness (QED) is 0.354. The summed E-state index contributed by atoms with van der Waals surface area (Å²) in [5.41, 5.74) is 3.11. The molecule has 1 N–H and O–H groups in total. The molecule has 0 radical (unpaired) electrons. The summed E-state index contributed by atoms with van der Waals surface area (Å²) in [5, 5.41) is 5.40. The molecule has 1 aliphatic rings. The maximum atomic E-state index is 13.0. The highest BCUT2D eigenvalue weighted by atomic mass is 32.1. The van der Waals surface area contributed by atoms with Gasteiger partial charge >= 0.3 is 5.97 Å². The van der Waals surface area contributed by atoms with Crippen molar-refractivity contribution >= 4 is 28.2 Å². The van der Waals surface area contributed by atoms with Crippen molar-refractivity contribution in [3.05, 3.63) is 65.0 Å². The van der Waals surface area contributed by atoms with Crippen molar-refractivity contribution in [1.29, 1.82) is 0 Å². The van der Waals surface area contributed by atoms with Crippen LogP contribution in [0.3, 0.4) is 0 Å². The van der Waals surface area contributed by atoms with Crippen LogP contribution in [0.1, 0.15) is 48.5 Å². The second-order valence-electron chi connectivity index (χ2n) is 8.16. The minimum absolute atomic E-state index is 0.0805. The lowest BCUT2D eigenvalue weighted by Gasteiger charge is -2.10. The van der Waals surface area contributed by atoms with Crippen molar-refractivity contribution in [3.8, 4) is 22.6 Å². The van der Waals surface area contributed by atoms with Gasteiger partial charge in [0.1, 0.15) is 22.1 Å². The van der Waals surface area contributed by atoms with Crippen molar-refractivity contribution < 1.29 is 23.8 Å². The van der Waals surface area contributed by atoms with Crippen molar-refractivity contribution in [3.63, 3.8) is 0 Å². The molecule has 34 heavy (non-hydrogen) atoms. The Hall–Kier alpha value is -3.32. The van der Waals surface area contributed by atoms with Crippen LogP contribution in [0.15, 0.2) is 53.9 Å². The molecule has 0 saturated heterocycles. The van der Waals surface area contributed by atoms with E-state index in [1.807, 2.05) is 53.9 Å². The fraction of sp³-hybridized carbons (Fsp3) is 0.333. The zero-order chi connectivity index (χ0) is 24.1. The van der Waals surface area contributed by atoms with Crippen molar-refractivity contribution in [2.45, 2.75) is 32.6 Å². The number of anilines is 1. The van der Waals surface area contributed by atoms with Crippen LogP contribution < -0.4 is 14.8 Å². The summed E-state index contributed by atoms with van der Waals surface area (Å²) in [6, 6.07) is 15.4. The normalized spacial score (nSPS) is 16.6. The average molecular weight is 480 g/mol. The molecule has 1 fully saturated rings. The summed E-state index contributed by atoms with van der Waals surface area (Å²) in [6.07, 6.45) is 1.72. The Bertz CT molecular complexity index is 1140. The molecule has 0 spiro atoms. The maximum absolute atomic E-state index is 13.0. The molecule has 2 unspecified atom stereocenters. The van der Waals surface area contributed by atoms with Gasteiger partial charge in [-0.25, -0.2) is 4.79 Å². The Kier molecular flexibility index (Phi) is 7.53. The summed E-state index contributed by atoms with van der Waals surface area (Å²) < 4.78 is 16.2. The fourth-order valence-corrected chi connectivity index (χ4v) is 4.89. The SMILES string of the molecule is CCCOc1ccc(-c2csc(NC(=O)C3CC3c3ccc(OC)cc3)c2C(=O)OCC)cc1. The lowest BCUT2D eigenvalue weighted by atomic mass is 10.0. The van der Waals surface area contributed by atoms with E-state index in [-0.39, 0.29) is 24.3 Å². The Balaban J connectivity index is 1.52. The van der Waals surface area contributed by atoms with Gasteiger partial charge in [0, 0.05) is 16.9 Å². The van der Waals surface area contributed by atoms with E-state index in [4.69, 9.17) is 14.2 Å². The van der Waals surface area contributed by atoms with Gasteiger partial charge in [-0.1, -0.05) is 31.2 Å². The van der Waals surface area contributed by atoms with Crippen LogP contribution in [0.2, 0.25) is 0 Å². The van der Waals surface area contributed by atoms with Crippen LogP contribution in [-0.2, 0) is 9.53 Å². The monoisotopic (exact) mass is 479 g/mol. The third kappa shape index (κ3) is 5.25. The van der Waals surface area contributed by atoms with Gasteiger partial charge in [-0.2, -0.15) is 0 Å². The maximum Gasteiger partial charge on any atom is 0.341 e. The molecule has 1 heterocycles. The molecule has 178 valence electrons. The second kappa shape index (κ2) is 10.7. The average Bonchev–Trinajstić information content (AvgIpc) is 3.56. The van der Waals surface area contributed by atoms with E-state index in [0.29, 0.717) is 17.2 Å². The minimum Gasteiger partial charge on any atom is -0.497 e. The molecule has 7 heteroatoms. The highest BCUT2D eigenvalue weighted by molar-refractivity contribution is 7.15. The number of hydrogen-bond donors (Lipinski definition) is 1. The first-order chi connectivity index (χ1) is 16.5.